The van der Waals surface area contributed by atoms with Crippen LogP contribution in [0.5, 0.6) is 0 Å². The Hall–Kier alpha value is -1.63. The monoisotopic (exact) mass is 272 g/mol. The van der Waals surface area contributed by atoms with Crippen LogP contribution in [-0.4, -0.2) is 41.0 Å². The predicted molar refractivity (Wildman–Crippen MR) is 70.6 cm³/mol. The number of hydrogen-bond acceptors (Lipinski definition) is 6. The van der Waals surface area contributed by atoms with Gasteiger partial charge in [0.15, 0.2) is 0 Å². The first-order valence-corrected chi connectivity index (χ1v) is 5.92. The molecule has 3 N–H and O–H groups in total. The molecule has 7 nitrogen and oxygen atoms in total. The van der Waals surface area contributed by atoms with Crippen LogP contribution in [0.25, 0.3) is 0 Å². The molecule has 0 spiro atoms. The fraction of sp³-hybridized carbons (Fsp3) is 0.600. The van der Waals surface area contributed by atoms with Crippen LogP contribution in [0.3, 0.4) is 0 Å². The van der Waals surface area contributed by atoms with Crippen molar-refractivity contribution in [3.8, 4) is 0 Å². The van der Waals surface area contributed by atoms with Crippen LogP contribution in [0, 0.1) is 5.92 Å². The highest BCUT2D eigenvalue weighted by Gasteiger charge is 2.16. The predicted octanol–water partition coefficient (Wildman–Crippen LogP) is 0.514. The highest BCUT2D eigenvalue weighted by molar-refractivity contribution is 6.28. The topological polar surface area (TPSA) is 97.0 Å². The number of hydrogen-bond donors (Lipinski definition) is 2. The molecule has 100 valence electrons. The van der Waals surface area contributed by atoms with E-state index < -0.39 is 5.91 Å². The molecule has 0 fully saturated rings. The Bertz CT molecular complexity index is 425. The van der Waals surface area contributed by atoms with Crippen LogP contribution in [0.4, 0.5) is 11.9 Å². The van der Waals surface area contributed by atoms with E-state index >= 15 is 0 Å². The van der Waals surface area contributed by atoms with Crippen LogP contribution in [-0.2, 0) is 4.79 Å². The van der Waals surface area contributed by atoms with Gasteiger partial charge in [-0.3, -0.25) is 4.79 Å². The minimum absolute atomic E-state index is 0.0433. The molecule has 0 bridgehead atoms. The van der Waals surface area contributed by atoms with E-state index in [0.717, 1.165) is 0 Å². The molecule has 1 aromatic heterocycles. The van der Waals surface area contributed by atoms with E-state index in [0.29, 0.717) is 24.4 Å². The fourth-order valence-electron chi connectivity index (χ4n) is 1.44. The summed E-state index contributed by atoms with van der Waals surface area (Å²) in [6.07, 6.45) is 0. The third kappa shape index (κ3) is 4.33. The van der Waals surface area contributed by atoms with E-state index in [4.69, 9.17) is 17.3 Å². The highest BCUT2D eigenvalue weighted by atomic mass is 35.5. The standard InChI is InChI=1S/C10H17ClN6O/c1-6(2)4-17(5-7(12)18)10-15-8(11)14-9(13-3)16-10/h6H,4-5H2,1-3H3,(H2,12,18)(H,13,14,15,16). The minimum Gasteiger partial charge on any atom is -0.368 e. The lowest BCUT2D eigenvalue weighted by molar-refractivity contribution is -0.116. The molecule has 0 aliphatic rings. The first kappa shape index (κ1) is 14.4. The Labute approximate surface area is 111 Å². The second-order valence-electron chi connectivity index (χ2n) is 4.22. The third-order valence-electron chi connectivity index (χ3n) is 2.04. The summed E-state index contributed by atoms with van der Waals surface area (Å²) in [6, 6.07) is 0. The van der Waals surface area contributed by atoms with E-state index in [1.165, 1.54) is 0 Å². The molecule has 8 heteroatoms. The van der Waals surface area contributed by atoms with E-state index in [9.17, 15) is 4.79 Å². The normalized spacial score (nSPS) is 10.5. The van der Waals surface area contributed by atoms with Crippen LogP contribution >= 0.6 is 11.6 Å². The van der Waals surface area contributed by atoms with Gasteiger partial charge < -0.3 is 16.0 Å². The summed E-state index contributed by atoms with van der Waals surface area (Å²) in [5, 5.41) is 2.85. The molecule has 1 amide bonds. The zero-order valence-corrected chi connectivity index (χ0v) is 11.4. The average Bonchev–Trinajstić information content (AvgIpc) is 2.26. The Morgan fingerprint density at radius 3 is 2.61 bits per heavy atom. The summed E-state index contributed by atoms with van der Waals surface area (Å²) in [5.74, 6) is 0.575. The zero-order valence-electron chi connectivity index (χ0n) is 10.6. The first-order chi connectivity index (χ1) is 8.42. The maximum absolute atomic E-state index is 11.1. The van der Waals surface area contributed by atoms with Crippen molar-refractivity contribution in [2.45, 2.75) is 13.8 Å². The summed E-state index contributed by atoms with van der Waals surface area (Å²) >= 11 is 5.80. The second-order valence-corrected chi connectivity index (χ2v) is 4.56. The number of aromatic nitrogens is 3. The number of anilines is 2. The van der Waals surface area contributed by atoms with Gasteiger partial charge in [-0.05, 0) is 17.5 Å². The van der Waals surface area contributed by atoms with E-state index in [2.05, 4.69) is 20.3 Å². The van der Waals surface area contributed by atoms with Crippen molar-refractivity contribution in [3.05, 3.63) is 5.28 Å². The van der Waals surface area contributed by atoms with E-state index in [1.807, 2.05) is 13.8 Å². The maximum atomic E-state index is 11.1. The van der Waals surface area contributed by atoms with Crippen molar-refractivity contribution >= 4 is 29.4 Å². The number of nitrogens with zero attached hydrogens (tertiary/aromatic N) is 4. The van der Waals surface area contributed by atoms with Crippen LogP contribution in [0.1, 0.15) is 13.8 Å². The fourth-order valence-corrected chi connectivity index (χ4v) is 1.59. The molecule has 0 saturated heterocycles. The van der Waals surface area contributed by atoms with Gasteiger partial charge in [0.25, 0.3) is 0 Å². The Morgan fingerprint density at radius 1 is 1.44 bits per heavy atom. The molecule has 1 aromatic rings. The molecule has 0 saturated carbocycles. The van der Waals surface area contributed by atoms with Gasteiger partial charge in [-0.15, -0.1) is 0 Å². The molecule has 0 aromatic carbocycles. The summed E-state index contributed by atoms with van der Waals surface area (Å²) in [5.41, 5.74) is 5.21. The van der Waals surface area contributed by atoms with Gasteiger partial charge in [-0.2, -0.15) is 15.0 Å². The summed E-state index contributed by atoms with van der Waals surface area (Å²) in [4.78, 5) is 24.8. The molecule has 0 aliphatic heterocycles. The first-order valence-electron chi connectivity index (χ1n) is 5.55. The highest BCUT2D eigenvalue weighted by Crippen LogP contribution is 2.14. The number of primary amides is 1. The van der Waals surface area contributed by atoms with Crippen molar-refractivity contribution < 1.29 is 4.79 Å². The van der Waals surface area contributed by atoms with Gasteiger partial charge in [-0.25, -0.2) is 0 Å². The molecule has 18 heavy (non-hydrogen) atoms. The van der Waals surface area contributed by atoms with Gasteiger partial charge in [-0.1, -0.05) is 13.8 Å². The lowest BCUT2D eigenvalue weighted by atomic mass is 10.2. The summed E-state index contributed by atoms with van der Waals surface area (Å²) in [7, 11) is 1.68. The molecule has 0 unspecified atom stereocenters. The zero-order chi connectivity index (χ0) is 13.7. The lowest BCUT2D eigenvalue weighted by Crippen LogP contribution is -2.37. The van der Waals surface area contributed by atoms with Crippen LogP contribution in [0.2, 0.25) is 5.28 Å². The number of carbonyl (C=O) groups excluding carboxylic acids is 1. The number of nitrogens with two attached hydrogens (primary N) is 1. The Kier molecular flexibility index (Phi) is 5.08. The Morgan fingerprint density at radius 2 is 2.11 bits per heavy atom. The van der Waals surface area contributed by atoms with Gasteiger partial charge >= 0.3 is 0 Å². The van der Waals surface area contributed by atoms with Gasteiger partial charge in [0.1, 0.15) is 0 Å². The third-order valence-corrected chi connectivity index (χ3v) is 2.20. The molecule has 0 atom stereocenters. The van der Waals surface area contributed by atoms with Gasteiger partial charge in [0.2, 0.25) is 23.1 Å². The van der Waals surface area contributed by atoms with Gasteiger partial charge in [0, 0.05) is 13.6 Å². The molecule has 0 aliphatic carbocycles. The average molecular weight is 273 g/mol. The number of rotatable bonds is 6. The second kappa shape index (κ2) is 6.34. The van der Waals surface area contributed by atoms with Crippen molar-refractivity contribution in [1.29, 1.82) is 0 Å². The molecule has 1 heterocycles. The van der Waals surface area contributed by atoms with Crippen molar-refractivity contribution in [3.63, 3.8) is 0 Å². The Balaban J connectivity index is 3.02. The number of halogens is 1. The summed E-state index contributed by atoms with van der Waals surface area (Å²) < 4.78 is 0. The number of amides is 1. The van der Waals surface area contributed by atoms with Crippen molar-refractivity contribution in [1.82, 2.24) is 15.0 Å². The molecule has 1 rings (SSSR count). The largest absolute Gasteiger partial charge is 0.368 e. The molecule has 0 radical (unpaired) electrons. The van der Waals surface area contributed by atoms with Gasteiger partial charge in [0.05, 0.1) is 6.54 Å². The molecular weight excluding hydrogens is 256 g/mol. The maximum Gasteiger partial charge on any atom is 0.237 e. The SMILES string of the molecule is CNc1nc(Cl)nc(N(CC(N)=O)CC(C)C)n1. The van der Waals surface area contributed by atoms with Crippen LogP contribution in [0.15, 0.2) is 0 Å². The van der Waals surface area contributed by atoms with E-state index in [-0.39, 0.29) is 11.8 Å². The van der Waals surface area contributed by atoms with E-state index in [1.54, 1.807) is 11.9 Å². The van der Waals surface area contributed by atoms with Crippen molar-refractivity contribution in [2.75, 3.05) is 30.4 Å². The smallest absolute Gasteiger partial charge is 0.237 e. The summed E-state index contributed by atoms with van der Waals surface area (Å²) in [6.45, 7) is 4.69. The van der Waals surface area contributed by atoms with Crippen molar-refractivity contribution in [2.24, 2.45) is 11.7 Å². The molecular formula is C10H17ClN6O. The minimum atomic E-state index is -0.446. The van der Waals surface area contributed by atoms with Crippen LogP contribution < -0.4 is 16.0 Å². The number of nitrogens with one attached hydrogen (secondary N) is 1. The lowest BCUT2D eigenvalue weighted by Gasteiger charge is -2.23. The quantitative estimate of drug-likeness (QED) is 0.783. The number of carbonyl (C=O) groups is 1.